The zero-order valence-electron chi connectivity index (χ0n) is 17.9. The summed E-state index contributed by atoms with van der Waals surface area (Å²) in [5.41, 5.74) is 4.56. The molecule has 0 unspecified atom stereocenters. The average Bonchev–Trinajstić information content (AvgIpc) is 3.34. The second-order valence-corrected chi connectivity index (χ2v) is 8.56. The Bertz CT molecular complexity index is 1020. The fourth-order valence-corrected chi connectivity index (χ4v) is 4.65. The van der Waals surface area contributed by atoms with Gasteiger partial charge in [0.2, 0.25) is 5.60 Å². The standard InChI is InChI=1S/C21H28N6O5/c1-26(9-13-5-3-2-4-6-13)20(30)31-10-15-17(28)18(29)21(11-22,32-15)16-8-7-14-19(23)24-12-25-27(14)16/h7-8,12-13,15,17-18,28-29H,2-6,9-10H2,1H3,(H2,23,24,25)/t15-,17-,18-,21+/m1/s1. The van der Waals surface area contributed by atoms with Crippen LogP contribution in [0.4, 0.5) is 10.6 Å². The Labute approximate surface area is 185 Å². The second-order valence-electron chi connectivity index (χ2n) is 8.56. The van der Waals surface area contributed by atoms with Gasteiger partial charge < -0.3 is 30.3 Å². The van der Waals surface area contributed by atoms with Gasteiger partial charge in [-0.05, 0) is 30.9 Å². The highest BCUT2D eigenvalue weighted by Crippen LogP contribution is 2.40. The molecule has 1 saturated carbocycles. The molecule has 2 aliphatic rings. The number of aliphatic hydroxyl groups excluding tert-OH is 2. The van der Waals surface area contributed by atoms with Gasteiger partial charge in [-0.3, -0.25) is 0 Å². The number of nitriles is 1. The van der Waals surface area contributed by atoms with Crippen molar-refractivity contribution in [2.24, 2.45) is 5.92 Å². The SMILES string of the molecule is CN(CC1CCCCC1)C(=O)OC[C@H]1O[C@@](C#N)(c2ccc3c(N)ncnn23)[C@H](O)[C@@H]1O. The summed E-state index contributed by atoms with van der Waals surface area (Å²) in [5.74, 6) is 0.651. The van der Waals surface area contributed by atoms with E-state index in [0.29, 0.717) is 18.0 Å². The van der Waals surface area contributed by atoms with E-state index in [9.17, 15) is 20.3 Å². The molecule has 4 rings (SSSR count). The number of amides is 1. The summed E-state index contributed by atoms with van der Waals surface area (Å²) in [6.45, 7) is 0.296. The van der Waals surface area contributed by atoms with Crippen LogP contribution in [0.15, 0.2) is 18.5 Å². The first kappa shape index (κ1) is 22.3. The number of hydrogen-bond acceptors (Lipinski definition) is 9. The minimum absolute atomic E-state index is 0.193. The number of rotatable bonds is 5. The summed E-state index contributed by atoms with van der Waals surface area (Å²) in [5, 5.41) is 35.3. The average molecular weight is 444 g/mol. The molecule has 32 heavy (non-hydrogen) atoms. The largest absolute Gasteiger partial charge is 0.447 e. The van der Waals surface area contributed by atoms with Gasteiger partial charge in [-0.15, -0.1) is 0 Å². The predicted molar refractivity (Wildman–Crippen MR) is 112 cm³/mol. The van der Waals surface area contributed by atoms with Gasteiger partial charge in [-0.1, -0.05) is 19.3 Å². The monoisotopic (exact) mass is 444 g/mol. The third kappa shape index (κ3) is 3.85. The number of ether oxygens (including phenoxy) is 2. The van der Waals surface area contributed by atoms with E-state index in [1.54, 1.807) is 13.1 Å². The molecule has 0 bridgehead atoms. The first-order chi connectivity index (χ1) is 15.4. The maximum Gasteiger partial charge on any atom is 0.409 e. The van der Waals surface area contributed by atoms with E-state index in [1.807, 2.05) is 6.07 Å². The quantitative estimate of drug-likeness (QED) is 0.606. The number of carbonyl (C=O) groups is 1. The predicted octanol–water partition coefficient (Wildman–Crippen LogP) is 0.800. The maximum atomic E-state index is 12.4. The smallest absolute Gasteiger partial charge is 0.409 e. The number of nitrogens with zero attached hydrogens (tertiary/aromatic N) is 5. The van der Waals surface area contributed by atoms with Gasteiger partial charge in [-0.2, -0.15) is 10.4 Å². The Morgan fingerprint density at radius 2 is 2.16 bits per heavy atom. The van der Waals surface area contributed by atoms with Crippen molar-refractivity contribution in [3.8, 4) is 6.07 Å². The van der Waals surface area contributed by atoms with Crippen molar-refractivity contribution in [3.05, 3.63) is 24.2 Å². The van der Waals surface area contributed by atoms with Crippen LogP contribution in [0.2, 0.25) is 0 Å². The molecule has 0 aromatic carbocycles. The van der Waals surface area contributed by atoms with E-state index < -0.39 is 30.0 Å². The van der Waals surface area contributed by atoms with Gasteiger partial charge in [0.1, 0.15) is 42.8 Å². The van der Waals surface area contributed by atoms with Crippen molar-refractivity contribution in [2.45, 2.75) is 56.0 Å². The van der Waals surface area contributed by atoms with Crippen LogP contribution >= 0.6 is 0 Å². The second kappa shape index (κ2) is 8.90. The van der Waals surface area contributed by atoms with Crippen LogP contribution in [-0.4, -0.2) is 74.3 Å². The van der Waals surface area contributed by atoms with Gasteiger partial charge >= 0.3 is 6.09 Å². The minimum Gasteiger partial charge on any atom is -0.447 e. The molecule has 1 saturated heterocycles. The zero-order valence-corrected chi connectivity index (χ0v) is 17.9. The molecule has 4 N–H and O–H groups in total. The molecule has 1 amide bonds. The molecule has 2 aromatic rings. The molecule has 0 spiro atoms. The number of aliphatic hydroxyl groups is 2. The summed E-state index contributed by atoms with van der Waals surface area (Å²) in [6.07, 6.45) is 2.32. The van der Waals surface area contributed by atoms with E-state index in [-0.39, 0.29) is 18.1 Å². The van der Waals surface area contributed by atoms with E-state index in [2.05, 4.69) is 10.1 Å². The van der Waals surface area contributed by atoms with Crippen molar-refractivity contribution >= 4 is 17.4 Å². The molecular weight excluding hydrogens is 416 g/mol. The van der Waals surface area contributed by atoms with Gasteiger partial charge in [-0.25, -0.2) is 14.3 Å². The van der Waals surface area contributed by atoms with E-state index in [4.69, 9.17) is 15.2 Å². The molecule has 2 fully saturated rings. The van der Waals surface area contributed by atoms with Crippen molar-refractivity contribution in [2.75, 3.05) is 25.9 Å². The molecule has 3 heterocycles. The first-order valence-electron chi connectivity index (χ1n) is 10.8. The van der Waals surface area contributed by atoms with Crippen molar-refractivity contribution in [1.29, 1.82) is 5.26 Å². The molecule has 11 nitrogen and oxygen atoms in total. The Hall–Kier alpha value is -2.94. The molecule has 11 heteroatoms. The number of anilines is 1. The molecule has 0 radical (unpaired) electrons. The van der Waals surface area contributed by atoms with Crippen molar-refractivity contribution < 1.29 is 24.5 Å². The van der Waals surface area contributed by atoms with Crippen LogP contribution in [0.3, 0.4) is 0 Å². The highest BCUT2D eigenvalue weighted by molar-refractivity contribution is 5.67. The summed E-state index contributed by atoms with van der Waals surface area (Å²) in [7, 11) is 1.67. The lowest BCUT2D eigenvalue weighted by Gasteiger charge is -2.27. The Balaban J connectivity index is 1.45. The van der Waals surface area contributed by atoms with Crippen LogP contribution in [0.25, 0.3) is 5.52 Å². The first-order valence-corrected chi connectivity index (χ1v) is 10.8. The van der Waals surface area contributed by atoms with Crippen LogP contribution in [0.5, 0.6) is 0 Å². The van der Waals surface area contributed by atoms with Crippen LogP contribution in [0.1, 0.15) is 37.8 Å². The molecule has 1 aliphatic heterocycles. The third-order valence-electron chi connectivity index (χ3n) is 6.43. The Kier molecular flexibility index (Phi) is 6.19. The summed E-state index contributed by atoms with van der Waals surface area (Å²) < 4.78 is 12.5. The van der Waals surface area contributed by atoms with Crippen molar-refractivity contribution in [3.63, 3.8) is 0 Å². The number of nitrogen functional groups attached to an aromatic ring is 1. The van der Waals surface area contributed by atoms with E-state index in [1.165, 1.54) is 41.1 Å². The molecule has 1 aliphatic carbocycles. The van der Waals surface area contributed by atoms with Gasteiger partial charge in [0, 0.05) is 13.6 Å². The van der Waals surface area contributed by atoms with E-state index >= 15 is 0 Å². The Morgan fingerprint density at radius 3 is 2.88 bits per heavy atom. The van der Waals surface area contributed by atoms with Gasteiger partial charge in [0.15, 0.2) is 5.82 Å². The molecular formula is C21H28N6O5. The Morgan fingerprint density at radius 1 is 1.41 bits per heavy atom. The molecule has 2 aromatic heterocycles. The summed E-state index contributed by atoms with van der Waals surface area (Å²) >= 11 is 0. The molecule has 172 valence electrons. The fourth-order valence-electron chi connectivity index (χ4n) is 4.65. The van der Waals surface area contributed by atoms with Gasteiger partial charge in [0.05, 0.1) is 5.69 Å². The lowest BCUT2D eigenvalue weighted by molar-refractivity contribution is -0.0680. The topological polar surface area (TPSA) is 159 Å². The zero-order chi connectivity index (χ0) is 22.9. The van der Waals surface area contributed by atoms with Crippen LogP contribution in [-0.2, 0) is 15.1 Å². The van der Waals surface area contributed by atoms with Crippen molar-refractivity contribution in [1.82, 2.24) is 19.5 Å². The number of hydrogen-bond donors (Lipinski definition) is 3. The highest BCUT2D eigenvalue weighted by Gasteiger charge is 2.57. The van der Waals surface area contributed by atoms with Crippen LogP contribution in [0, 0.1) is 17.2 Å². The molecule has 4 atom stereocenters. The fraction of sp³-hybridized carbons (Fsp3) is 0.619. The summed E-state index contributed by atoms with van der Waals surface area (Å²) in [6, 6.07) is 5.09. The van der Waals surface area contributed by atoms with E-state index in [0.717, 1.165) is 12.8 Å². The normalized spacial score (nSPS) is 28.5. The lowest BCUT2D eigenvalue weighted by atomic mass is 9.89. The number of nitrogens with two attached hydrogens (primary N) is 1. The number of aromatic nitrogens is 3. The highest BCUT2D eigenvalue weighted by atomic mass is 16.6. The number of carbonyl (C=O) groups excluding carboxylic acids is 1. The lowest BCUT2D eigenvalue weighted by Crippen LogP contribution is -2.41. The van der Waals surface area contributed by atoms with Crippen LogP contribution < -0.4 is 5.73 Å². The number of fused-ring (bicyclic) bond motifs is 1. The van der Waals surface area contributed by atoms with Gasteiger partial charge in [0.25, 0.3) is 0 Å². The third-order valence-corrected chi connectivity index (χ3v) is 6.43. The summed E-state index contributed by atoms with van der Waals surface area (Å²) in [4.78, 5) is 17.9. The maximum absolute atomic E-state index is 12.4. The minimum atomic E-state index is -1.92.